The van der Waals surface area contributed by atoms with Crippen LogP contribution in [0.4, 0.5) is 0 Å². The summed E-state index contributed by atoms with van der Waals surface area (Å²) >= 11 is 0. The van der Waals surface area contributed by atoms with Gasteiger partial charge in [-0.25, -0.2) is 0 Å². The first-order chi connectivity index (χ1) is 7.25. The van der Waals surface area contributed by atoms with Gasteiger partial charge in [0.25, 0.3) is 0 Å². The third-order valence-electron chi connectivity index (χ3n) is 3.40. The minimum Gasteiger partial charge on any atom is -0.316 e. The Hall–Kier alpha value is -0.300. The molecule has 88 valence electrons. The summed E-state index contributed by atoms with van der Waals surface area (Å²) in [5.74, 6) is 1.55. The summed E-state index contributed by atoms with van der Waals surface area (Å²) in [7, 11) is 0. The Morgan fingerprint density at radius 2 is 2.13 bits per heavy atom. The van der Waals surface area contributed by atoms with Crippen LogP contribution in [0.1, 0.15) is 52.9 Å². The number of hydrogen-bond acceptors (Lipinski definition) is 1. The van der Waals surface area contributed by atoms with Crippen molar-refractivity contribution in [1.29, 1.82) is 0 Å². The van der Waals surface area contributed by atoms with Gasteiger partial charge in [-0.2, -0.15) is 0 Å². The normalized spacial score (nSPS) is 19.1. The molecule has 0 aromatic carbocycles. The van der Waals surface area contributed by atoms with E-state index < -0.39 is 0 Å². The minimum atomic E-state index is 0.775. The van der Waals surface area contributed by atoms with Gasteiger partial charge >= 0.3 is 0 Å². The number of allylic oxidation sites excluding steroid dienone is 1. The molecule has 1 nitrogen and oxygen atoms in total. The molecule has 0 saturated heterocycles. The molecule has 0 radical (unpaired) electrons. The van der Waals surface area contributed by atoms with Crippen molar-refractivity contribution in [3.8, 4) is 0 Å². The molecule has 1 rings (SSSR count). The van der Waals surface area contributed by atoms with E-state index in [9.17, 15) is 0 Å². The highest BCUT2D eigenvalue weighted by Crippen LogP contribution is 2.28. The zero-order valence-corrected chi connectivity index (χ0v) is 10.7. The lowest BCUT2D eigenvalue weighted by Gasteiger charge is -2.27. The predicted molar refractivity (Wildman–Crippen MR) is 68.0 cm³/mol. The third-order valence-corrected chi connectivity index (χ3v) is 3.40. The van der Waals surface area contributed by atoms with E-state index in [1.807, 2.05) is 0 Å². The first-order valence-electron chi connectivity index (χ1n) is 6.65. The quantitative estimate of drug-likeness (QED) is 0.519. The second-order valence-corrected chi connectivity index (χ2v) is 5.08. The van der Waals surface area contributed by atoms with Crippen molar-refractivity contribution in [2.75, 3.05) is 13.1 Å². The number of nitrogens with one attached hydrogen (secondary N) is 1. The van der Waals surface area contributed by atoms with Crippen molar-refractivity contribution in [2.24, 2.45) is 11.8 Å². The number of hydrogen-bond donors (Lipinski definition) is 1. The van der Waals surface area contributed by atoms with Gasteiger partial charge in [-0.3, -0.25) is 0 Å². The van der Waals surface area contributed by atoms with E-state index in [2.05, 4.69) is 32.2 Å². The van der Waals surface area contributed by atoms with Crippen molar-refractivity contribution >= 4 is 0 Å². The maximum absolute atomic E-state index is 3.57. The highest BCUT2D eigenvalue weighted by molar-refractivity contribution is 5.10. The van der Waals surface area contributed by atoms with Gasteiger partial charge in [0.1, 0.15) is 0 Å². The molecule has 1 aliphatic rings. The molecule has 0 saturated carbocycles. The zero-order valence-electron chi connectivity index (χ0n) is 10.7. The Labute approximate surface area is 95.3 Å². The van der Waals surface area contributed by atoms with Crippen LogP contribution in [0.2, 0.25) is 0 Å². The molecule has 1 unspecified atom stereocenters. The monoisotopic (exact) mass is 209 g/mol. The first kappa shape index (κ1) is 12.8. The average molecular weight is 209 g/mol. The molecule has 1 aliphatic carbocycles. The first-order valence-corrected chi connectivity index (χ1v) is 6.65. The fourth-order valence-electron chi connectivity index (χ4n) is 2.43. The Morgan fingerprint density at radius 3 is 2.67 bits per heavy atom. The van der Waals surface area contributed by atoms with Crippen LogP contribution in [0, 0.1) is 11.8 Å². The van der Waals surface area contributed by atoms with Crippen LogP contribution >= 0.6 is 0 Å². The molecule has 0 fully saturated rings. The summed E-state index contributed by atoms with van der Waals surface area (Å²) in [6.07, 6.45) is 9.20. The largest absolute Gasteiger partial charge is 0.316 e. The summed E-state index contributed by atoms with van der Waals surface area (Å²) in [5, 5.41) is 3.57. The van der Waals surface area contributed by atoms with Crippen LogP contribution in [0.15, 0.2) is 11.6 Å². The SMILES string of the molecule is CCCNCC(C1=CCCCC1)C(C)C. The average Bonchev–Trinajstić information content (AvgIpc) is 2.25. The molecule has 0 spiro atoms. The summed E-state index contributed by atoms with van der Waals surface area (Å²) in [4.78, 5) is 0. The van der Waals surface area contributed by atoms with Crippen molar-refractivity contribution < 1.29 is 0 Å². The van der Waals surface area contributed by atoms with Gasteiger partial charge in [-0.05, 0) is 50.5 Å². The lowest BCUT2D eigenvalue weighted by atomic mass is 9.82. The van der Waals surface area contributed by atoms with Gasteiger partial charge in [0.15, 0.2) is 0 Å². The van der Waals surface area contributed by atoms with E-state index in [-0.39, 0.29) is 0 Å². The van der Waals surface area contributed by atoms with E-state index >= 15 is 0 Å². The zero-order chi connectivity index (χ0) is 11.1. The van der Waals surface area contributed by atoms with Crippen LogP contribution in [-0.2, 0) is 0 Å². The Bertz CT molecular complexity index is 194. The van der Waals surface area contributed by atoms with E-state index in [1.165, 1.54) is 38.6 Å². The van der Waals surface area contributed by atoms with Gasteiger partial charge < -0.3 is 5.32 Å². The Balaban J connectivity index is 2.45. The predicted octanol–water partition coefficient (Wildman–Crippen LogP) is 3.76. The van der Waals surface area contributed by atoms with Gasteiger partial charge in [0.2, 0.25) is 0 Å². The summed E-state index contributed by atoms with van der Waals surface area (Å²) in [6.45, 7) is 9.28. The van der Waals surface area contributed by atoms with Gasteiger partial charge in [0, 0.05) is 6.54 Å². The fraction of sp³-hybridized carbons (Fsp3) is 0.857. The summed E-state index contributed by atoms with van der Waals surface area (Å²) in [5.41, 5.74) is 1.72. The molecule has 0 bridgehead atoms. The van der Waals surface area contributed by atoms with Crippen molar-refractivity contribution in [3.05, 3.63) is 11.6 Å². The lowest BCUT2D eigenvalue weighted by Crippen LogP contribution is -2.28. The standard InChI is InChI=1S/C14H27N/c1-4-10-15-11-14(12(2)3)13-8-6-5-7-9-13/h8,12,14-15H,4-7,9-11H2,1-3H3. The minimum absolute atomic E-state index is 0.775. The molecule has 0 amide bonds. The molecule has 1 N–H and O–H groups in total. The van der Waals surface area contributed by atoms with Crippen LogP contribution in [-0.4, -0.2) is 13.1 Å². The van der Waals surface area contributed by atoms with Crippen LogP contribution in [0.5, 0.6) is 0 Å². The summed E-state index contributed by atoms with van der Waals surface area (Å²) < 4.78 is 0. The van der Waals surface area contributed by atoms with E-state index in [0.717, 1.165) is 18.4 Å². The van der Waals surface area contributed by atoms with E-state index in [4.69, 9.17) is 0 Å². The smallest absolute Gasteiger partial charge is 0.00193 e. The van der Waals surface area contributed by atoms with Crippen LogP contribution in [0.25, 0.3) is 0 Å². The second-order valence-electron chi connectivity index (χ2n) is 5.08. The molecule has 0 aromatic rings. The molecular weight excluding hydrogens is 182 g/mol. The van der Waals surface area contributed by atoms with Gasteiger partial charge in [-0.15, -0.1) is 0 Å². The lowest BCUT2D eigenvalue weighted by molar-refractivity contribution is 0.395. The highest BCUT2D eigenvalue weighted by Gasteiger charge is 2.18. The summed E-state index contributed by atoms with van der Waals surface area (Å²) in [6, 6.07) is 0. The molecule has 0 aromatic heterocycles. The maximum atomic E-state index is 3.57. The van der Waals surface area contributed by atoms with E-state index in [0.29, 0.717) is 0 Å². The Morgan fingerprint density at radius 1 is 1.33 bits per heavy atom. The molecule has 1 atom stereocenters. The molecular formula is C14H27N. The highest BCUT2D eigenvalue weighted by atomic mass is 14.9. The molecule has 1 heteroatoms. The van der Waals surface area contributed by atoms with E-state index in [1.54, 1.807) is 5.57 Å². The van der Waals surface area contributed by atoms with Crippen molar-refractivity contribution in [3.63, 3.8) is 0 Å². The topological polar surface area (TPSA) is 12.0 Å². The van der Waals surface area contributed by atoms with Crippen molar-refractivity contribution in [1.82, 2.24) is 5.32 Å². The van der Waals surface area contributed by atoms with Crippen LogP contribution in [0.3, 0.4) is 0 Å². The van der Waals surface area contributed by atoms with Crippen LogP contribution < -0.4 is 5.32 Å². The number of rotatable bonds is 6. The molecule has 15 heavy (non-hydrogen) atoms. The Kier molecular flexibility index (Phi) is 6.00. The third kappa shape index (κ3) is 4.38. The molecule has 0 heterocycles. The fourth-order valence-corrected chi connectivity index (χ4v) is 2.43. The van der Waals surface area contributed by atoms with Gasteiger partial charge in [0.05, 0.1) is 0 Å². The van der Waals surface area contributed by atoms with Crippen molar-refractivity contribution in [2.45, 2.75) is 52.9 Å². The molecule has 0 aliphatic heterocycles. The maximum Gasteiger partial charge on any atom is 0.00193 e. The second kappa shape index (κ2) is 7.05. The van der Waals surface area contributed by atoms with Gasteiger partial charge in [-0.1, -0.05) is 32.4 Å².